The number of nitrogens with zero attached hydrogens (tertiary/aromatic N) is 2. The van der Waals surface area contributed by atoms with Crippen molar-refractivity contribution in [3.05, 3.63) is 38.6 Å². The predicted octanol–water partition coefficient (Wildman–Crippen LogP) is 2.14. The Morgan fingerprint density at radius 3 is 2.59 bits per heavy atom. The largest absolute Gasteiger partial charge is 0.368 e. The zero-order chi connectivity index (χ0) is 11.7. The van der Waals surface area contributed by atoms with Crippen molar-refractivity contribution in [3.8, 4) is 11.3 Å². The third-order valence-corrected chi connectivity index (χ3v) is 2.74. The number of hydrogen-bond donors (Lipinski definition) is 2. The summed E-state index contributed by atoms with van der Waals surface area (Å²) in [5, 5.41) is 7.85. The molecule has 3 N–H and O–H groups in total. The molecule has 0 aliphatic rings. The number of halogens is 3. The van der Waals surface area contributed by atoms with Crippen LogP contribution in [0.3, 0.4) is 0 Å². The number of nitrogen functional groups attached to an aromatic ring is 1. The van der Waals surface area contributed by atoms with E-state index >= 15 is 0 Å². The number of anilines is 1. The molecule has 0 saturated heterocycles. The van der Waals surface area contributed by atoms with Crippen LogP contribution in [0.25, 0.3) is 11.3 Å². The Balaban J connectivity index is 0.00000144. The maximum atomic E-state index is 11.6. The Morgan fingerprint density at radius 2 is 1.94 bits per heavy atom. The van der Waals surface area contributed by atoms with E-state index in [9.17, 15) is 4.79 Å². The number of rotatable bonds is 1. The van der Waals surface area contributed by atoms with Crippen molar-refractivity contribution in [2.24, 2.45) is 0 Å². The van der Waals surface area contributed by atoms with Crippen LogP contribution in [0.5, 0.6) is 0 Å². The molecule has 0 atom stereocenters. The summed E-state index contributed by atoms with van der Waals surface area (Å²) in [7, 11) is 0. The van der Waals surface area contributed by atoms with Gasteiger partial charge in [-0.1, -0.05) is 35.3 Å². The summed E-state index contributed by atoms with van der Waals surface area (Å²) in [4.78, 5) is 13.9. The van der Waals surface area contributed by atoms with Crippen molar-refractivity contribution in [2.45, 2.75) is 0 Å². The minimum absolute atomic E-state index is 0. The van der Waals surface area contributed by atoms with Gasteiger partial charge in [-0.15, -0.1) is 22.6 Å². The Morgan fingerprint density at radius 1 is 1.24 bits per heavy atom. The van der Waals surface area contributed by atoms with E-state index in [1.165, 1.54) is 0 Å². The van der Waals surface area contributed by atoms with Crippen molar-refractivity contribution < 1.29 is 0 Å². The number of benzene rings is 1. The number of hydrogen-bond acceptors (Lipinski definition) is 4. The summed E-state index contributed by atoms with van der Waals surface area (Å²) in [6.07, 6.45) is 0. The van der Waals surface area contributed by atoms with Gasteiger partial charge in [0, 0.05) is 5.56 Å². The quantitative estimate of drug-likeness (QED) is 0.843. The Kier molecular flexibility index (Phi) is 4.34. The molecule has 1 aromatic heterocycles. The molecule has 0 saturated carbocycles. The molecule has 17 heavy (non-hydrogen) atoms. The fourth-order valence-corrected chi connectivity index (χ4v) is 1.60. The molecule has 8 heteroatoms. The van der Waals surface area contributed by atoms with Gasteiger partial charge in [0.25, 0.3) is 5.56 Å². The first-order chi connectivity index (χ1) is 7.59. The highest BCUT2D eigenvalue weighted by atomic mass is 35.5. The van der Waals surface area contributed by atoms with Crippen LogP contribution in [0.15, 0.2) is 23.0 Å². The summed E-state index contributed by atoms with van der Waals surface area (Å²) >= 11 is 11.8. The first-order valence-corrected chi connectivity index (χ1v) is 5.02. The lowest BCUT2D eigenvalue weighted by Crippen LogP contribution is -2.15. The summed E-state index contributed by atoms with van der Waals surface area (Å²) in [6, 6.07) is 4.91. The van der Waals surface area contributed by atoms with Gasteiger partial charge >= 0.3 is 0 Å². The van der Waals surface area contributed by atoms with Crippen LogP contribution in [0, 0.1) is 0 Å². The molecule has 0 spiro atoms. The lowest BCUT2D eigenvalue weighted by Gasteiger charge is -2.03. The Bertz CT molecular complexity index is 599. The van der Waals surface area contributed by atoms with Crippen molar-refractivity contribution in [3.63, 3.8) is 0 Å². The van der Waals surface area contributed by atoms with E-state index in [2.05, 4.69) is 15.2 Å². The minimum atomic E-state index is -0.461. The van der Waals surface area contributed by atoms with Gasteiger partial charge in [0.15, 0.2) is 5.69 Å². The molecule has 5 nitrogen and oxygen atoms in total. The smallest absolute Gasteiger partial charge is 0.279 e. The maximum Gasteiger partial charge on any atom is 0.279 e. The molecule has 0 amide bonds. The van der Waals surface area contributed by atoms with Gasteiger partial charge in [-0.2, -0.15) is 0 Å². The first kappa shape index (κ1) is 13.8. The molecule has 2 aromatic rings. The van der Waals surface area contributed by atoms with Crippen LogP contribution in [0.4, 0.5) is 5.95 Å². The number of H-pyrrole nitrogens is 1. The van der Waals surface area contributed by atoms with E-state index in [1.807, 2.05) is 0 Å². The predicted molar refractivity (Wildman–Crippen MR) is 69.8 cm³/mol. The van der Waals surface area contributed by atoms with E-state index in [-0.39, 0.29) is 29.1 Å². The number of nitrogens with one attached hydrogen (secondary N) is 1. The van der Waals surface area contributed by atoms with Gasteiger partial charge in [0.1, 0.15) is 0 Å². The third kappa shape index (κ3) is 2.69. The van der Waals surface area contributed by atoms with E-state index in [4.69, 9.17) is 28.9 Å². The van der Waals surface area contributed by atoms with E-state index in [0.717, 1.165) is 0 Å². The zero-order valence-electron chi connectivity index (χ0n) is 8.28. The second-order valence-electron chi connectivity index (χ2n) is 2.99. The molecule has 0 fully saturated rings. The van der Waals surface area contributed by atoms with Crippen LogP contribution in [0.2, 0.25) is 10.0 Å². The highest BCUT2D eigenvalue weighted by Gasteiger charge is 2.12. The van der Waals surface area contributed by atoms with E-state index < -0.39 is 5.56 Å². The second-order valence-corrected chi connectivity index (χ2v) is 3.77. The highest BCUT2D eigenvalue weighted by Crippen LogP contribution is 2.30. The van der Waals surface area contributed by atoms with Gasteiger partial charge in [-0.25, -0.2) is 0 Å². The average molecular weight is 294 g/mol. The highest BCUT2D eigenvalue weighted by molar-refractivity contribution is 6.43. The molecule has 1 heterocycles. The van der Waals surface area contributed by atoms with Gasteiger partial charge in [-0.05, 0) is 6.07 Å². The summed E-state index contributed by atoms with van der Waals surface area (Å²) < 4.78 is 0. The molecular weight excluding hydrogens is 286 g/mol. The molecule has 0 unspecified atom stereocenters. The van der Waals surface area contributed by atoms with E-state index in [0.29, 0.717) is 10.6 Å². The standard InChI is InChI=1S/C9H6Cl2N4O.ClH/c10-5-3-1-2-4(6(5)11)7-8(16)13-9(12)15-14-7;/h1-3H,(H3,12,13,15,16);1H. The van der Waals surface area contributed by atoms with Crippen LogP contribution in [-0.2, 0) is 0 Å². The molecule has 90 valence electrons. The summed E-state index contributed by atoms with van der Waals surface area (Å²) in [6.45, 7) is 0. The van der Waals surface area contributed by atoms with Crippen molar-refractivity contribution >= 4 is 41.6 Å². The molecule has 0 aliphatic carbocycles. The number of aromatic nitrogens is 3. The molecule has 0 radical (unpaired) electrons. The van der Waals surface area contributed by atoms with Gasteiger partial charge in [0.05, 0.1) is 10.0 Å². The first-order valence-electron chi connectivity index (χ1n) is 4.26. The maximum absolute atomic E-state index is 11.6. The van der Waals surface area contributed by atoms with Gasteiger partial charge < -0.3 is 5.73 Å². The summed E-state index contributed by atoms with van der Waals surface area (Å²) in [5.41, 5.74) is 5.33. The molecule has 0 bridgehead atoms. The average Bonchev–Trinajstić information content (AvgIpc) is 2.23. The summed E-state index contributed by atoms with van der Waals surface area (Å²) in [5.74, 6) is -0.0492. The Hall–Kier alpha value is -1.30. The van der Waals surface area contributed by atoms with Crippen molar-refractivity contribution in [2.75, 3.05) is 5.73 Å². The lowest BCUT2D eigenvalue weighted by molar-refractivity contribution is 0.969. The van der Waals surface area contributed by atoms with Crippen LogP contribution in [-0.4, -0.2) is 15.2 Å². The molecule has 0 aliphatic heterocycles. The van der Waals surface area contributed by atoms with Crippen LogP contribution < -0.4 is 11.3 Å². The third-order valence-electron chi connectivity index (χ3n) is 1.92. The SMILES string of the molecule is Cl.Nc1nnc(-c2cccc(Cl)c2Cl)c(=O)[nH]1. The topological polar surface area (TPSA) is 84.7 Å². The van der Waals surface area contributed by atoms with Crippen LogP contribution >= 0.6 is 35.6 Å². The Labute approximate surface area is 112 Å². The lowest BCUT2D eigenvalue weighted by atomic mass is 10.1. The van der Waals surface area contributed by atoms with Gasteiger partial charge in [0.2, 0.25) is 5.95 Å². The zero-order valence-corrected chi connectivity index (χ0v) is 10.6. The normalized spacial score (nSPS) is 9.76. The van der Waals surface area contributed by atoms with Gasteiger partial charge in [-0.3, -0.25) is 9.78 Å². The van der Waals surface area contributed by atoms with Crippen LogP contribution in [0.1, 0.15) is 0 Å². The second kappa shape index (κ2) is 5.35. The fraction of sp³-hybridized carbons (Fsp3) is 0. The number of nitrogens with two attached hydrogens (primary N) is 1. The fourth-order valence-electron chi connectivity index (χ4n) is 1.21. The van der Waals surface area contributed by atoms with Crippen molar-refractivity contribution in [1.82, 2.24) is 15.2 Å². The monoisotopic (exact) mass is 292 g/mol. The minimum Gasteiger partial charge on any atom is -0.368 e. The molecule has 1 aromatic carbocycles. The van der Waals surface area contributed by atoms with Crippen molar-refractivity contribution in [1.29, 1.82) is 0 Å². The van der Waals surface area contributed by atoms with E-state index in [1.54, 1.807) is 18.2 Å². The number of aromatic amines is 1. The molecular formula is C9H7Cl3N4O. The molecule has 2 rings (SSSR count).